The van der Waals surface area contributed by atoms with Crippen LogP contribution in [0.1, 0.15) is 0 Å². The van der Waals surface area contributed by atoms with Crippen molar-refractivity contribution in [3.8, 4) is 11.5 Å². The van der Waals surface area contributed by atoms with Crippen LogP contribution in [0.25, 0.3) is 10.9 Å². The van der Waals surface area contributed by atoms with Gasteiger partial charge >= 0.3 is 0 Å². The minimum Gasteiger partial charge on any atom is -0.484 e. The largest absolute Gasteiger partial charge is 0.484 e. The third-order valence-corrected chi connectivity index (χ3v) is 3.93. The number of fused-ring (bicyclic) bond motifs is 1. The molecule has 0 atom stereocenters. The van der Waals surface area contributed by atoms with Crippen molar-refractivity contribution in [2.75, 3.05) is 13.2 Å². The number of benzene rings is 2. The van der Waals surface area contributed by atoms with E-state index in [2.05, 4.69) is 27.4 Å². The zero-order valence-electron chi connectivity index (χ0n) is 15.0. The van der Waals surface area contributed by atoms with E-state index in [-0.39, 0.29) is 23.2 Å². The molecule has 0 fully saturated rings. The number of carbonyl (C=O) groups is 2. The molecular weight excluding hydrogens is 403 g/mol. The highest BCUT2D eigenvalue weighted by molar-refractivity contribution is 6.30. The van der Waals surface area contributed by atoms with Crippen LogP contribution in [0.4, 0.5) is 4.39 Å². The lowest BCUT2D eigenvalue weighted by atomic mass is 10.2. The number of rotatable bonds is 8. The van der Waals surface area contributed by atoms with Gasteiger partial charge in [-0.2, -0.15) is 5.10 Å². The number of nitrogens with zero attached hydrogens (tertiary/aromatic N) is 1. The summed E-state index contributed by atoms with van der Waals surface area (Å²) in [5.41, 5.74) is 0.778. The lowest BCUT2D eigenvalue weighted by Gasteiger charge is -2.12. The molecule has 0 aliphatic rings. The van der Waals surface area contributed by atoms with Crippen molar-refractivity contribution >= 4 is 34.3 Å². The molecule has 0 aliphatic heterocycles. The first-order valence-corrected chi connectivity index (χ1v) is 8.71. The van der Waals surface area contributed by atoms with Gasteiger partial charge in [0.25, 0.3) is 11.8 Å². The van der Waals surface area contributed by atoms with Gasteiger partial charge in [-0.05, 0) is 24.3 Å². The number of aromatic amines is 1. The summed E-state index contributed by atoms with van der Waals surface area (Å²) in [7, 11) is 0. The van der Waals surface area contributed by atoms with Crippen LogP contribution in [0.2, 0.25) is 5.02 Å². The molecule has 1 aromatic heterocycles. The molecule has 3 N–H and O–H groups in total. The highest BCUT2D eigenvalue weighted by Crippen LogP contribution is 2.20. The van der Waals surface area contributed by atoms with Crippen molar-refractivity contribution in [1.29, 1.82) is 0 Å². The standard InChI is InChI=1S/C19H16ClFN4O4/c1-11(23-18(26)9-28-13-4-5-15(20)16(21)6-13)24-19(27)10-29-14-3-2-12-8-22-25-17(12)7-14/h2-8H,1,9-10H2,(H,22,25)(H,23,26)(H,24,27). The molecule has 0 unspecified atom stereocenters. The first-order valence-electron chi connectivity index (χ1n) is 8.33. The molecule has 0 aliphatic carbocycles. The van der Waals surface area contributed by atoms with Crippen LogP contribution in [0.3, 0.4) is 0 Å². The molecule has 2 aromatic carbocycles. The molecule has 150 valence electrons. The zero-order valence-corrected chi connectivity index (χ0v) is 15.8. The van der Waals surface area contributed by atoms with Crippen LogP contribution >= 0.6 is 11.6 Å². The second-order valence-corrected chi connectivity index (χ2v) is 6.25. The monoisotopic (exact) mass is 418 g/mol. The Morgan fingerprint density at radius 2 is 1.69 bits per heavy atom. The van der Waals surface area contributed by atoms with E-state index in [1.54, 1.807) is 24.4 Å². The average Bonchev–Trinajstić information content (AvgIpc) is 3.15. The molecule has 0 spiro atoms. The van der Waals surface area contributed by atoms with Crippen molar-refractivity contribution in [2.45, 2.75) is 0 Å². The summed E-state index contributed by atoms with van der Waals surface area (Å²) in [5.74, 6) is -1.18. The van der Waals surface area contributed by atoms with Gasteiger partial charge in [-0.15, -0.1) is 0 Å². The minimum atomic E-state index is -0.659. The number of aromatic nitrogens is 2. The molecular formula is C19H16ClFN4O4. The van der Waals surface area contributed by atoms with Crippen molar-refractivity contribution in [1.82, 2.24) is 20.8 Å². The van der Waals surface area contributed by atoms with E-state index in [0.717, 1.165) is 17.0 Å². The summed E-state index contributed by atoms with van der Waals surface area (Å²) in [4.78, 5) is 23.7. The molecule has 29 heavy (non-hydrogen) atoms. The first-order chi connectivity index (χ1) is 13.9. The Morgan fingerprint density at radius 3 is 2.34 bits per heavy atom. The van der Waals surface area contributed by atoms with Crippen molar-refractivity contribution < 1.29 is 23.5 Å². The predicted molar refractivity (Wildman–Crippen MR) is 104 cm³/mol. The number of carbonyl (C=O) groups excluding carboxylic acids is 2. The second-order valence-electron chi connectivity index (χ2n) is 5.85. The molecule has 0 radical (unpaired) electrons. The van der Waals surface area contributed by atoms with Crippen LogP contribution in [0.15, 0.2) is 55.0 Å². The number of halogens is 2. The van der Waals surface area contributed by atoms with Gasteiger partial charge in [0.1, 0.15) is 23.1 Å². The number of ether oxygens (including phenoxy) is 2. The summed E-state index contributed by atoms with van der Waals surface area (Å²) in [5, 5.41) is 12.3. The topological polar surface area (TPSA) is 105 Å². The van der Waals surface area contributed by atoms with Crippen molar-refractivity contribution in [3.05, 3.63) is 65.8 Å². The van der Waals surface area contributed by atoms with Crippen molar-refractivity contribution in [2.24, 2.45) is 0 Å². The SMILES string of the molecule is C=C(NC(=O)COc1ccc(Cl)c(F)c1)NC(=O)COc1ccc2cn[nH]c2c1. The van der Waals surface area contributed by atoms with E-state index in [1.807, 2.05) is 0 Å². The van der Waals surface area contributed by atoms with Gasteiger partial charge in [0, 0.05) is 17.5 Å². The average molecular weight is 419 g/mol. The Hall–Kier alpha value is -3.59. The maximum absolute atomic E-state index is 13.3. The highest BCUT2D eigenvalue weighted by Gasteiger charge is 2.10. The van der Waals surface area contributed by atoms with Gasteiger partial charge in [-0.1, -0.05) is 18.2 Å². The number of hydrogen-bond acceptors (Lipinski definition) is 5. The van der Waals surface area contributed by atoms with Gasteiger partial charge in [0.15, 0.2) is 13.2 Å². The molecule has 0 saturated carbocycles. The molecule has 0 bridgehead atoms. The molecule has 2 amide bonds. The molecule has 10 heteroatoms. The summed E-state index contributed by atoms with van der Waals surface area (Å²) in [6.45, 7) is 2.85. The molecule has 0 saturated heterocycles. The van der Waals surface area contributed by atoms with E-state index in [0.29, 0.717) is 5.75 Å². The Labute approximate surface area is 169 Å². The summed E-state index contributed by atoms with van der Waals surface area (Å²) >= 11 is 5.57. The lowest BCUT2D eigenvalue weighted by molar-refractivity contribution is -0.123. The van der Waals surface area contributed by atoms with Crippen LogP contribution in [0.5, 0.6) is 11.5 Å². The van der Waals surface area contributed by atoms with Crippen LogP contribution in [-0.4, -0.2) is 35.2 Å². The minimum absolute atomic E-state index is 0.0430. The van der Waals surface area contributed by atoms with E-state index >= 15 is 0 Å². The number of hydrogen-bond donors (Lipinski definition) is 3. The first kappa shape index (κ1) is 20.2. The lowest BCUT2D eigenvalue weighted by Crippen LogP contribution is -2.38. The van der Waals surface area contributed by atoms with Gasteiger partial charge < -0.3 is 20.1 Å². The Kier molecular flexibility index (Phi) is 6.30. The van der Waals surface area contributed by atoms with Crippen LogP contribution in [0, 0.1) is 5.82 Å². The second kappa shape index (κ2) is 9.07. The maximum atomic E-state index is 13.3. The normalized spacial score (nSPS) is 10.4. The summed E-state index contributed by atoms with van der Waals surface area (Å²) in [6, 6.07) is 9.02. The Balaban J connectivity index is 1.40. The van der Waals surface area contributed by atoms with Gasteiger partial charge in [-0.25, -0.2) is 4.39 Å². The molecule has 3 aromatic rings. The van der Waals surface area contributed by atoms with Gasteiger partial charge in [-0.3, -0.25) is 14.7 Å². The van der Waals surface area contributed by atoms with E-state index in [1.165, 1.54) is 12.1 Å². The highest BCUT2D eigenvalue weighted by atomic mass is 35.5. The zero-order chi connectivity index (χ0) is 20.8. The molecule has 3 rings (SSSR count). The van der Waals surface area contributed by atoms with E-state index in [4.69, 9.17) is 21.1 Å². The Morgan fingerprint density at radius 1 is 1.07 bits per heavy atom. The van der Waals surface area contributed by atoms with Crippen molar-refractivity contribution in [3.63, 3.8) is 0 Å². The third-order valence-electron chi connectivity index (χ3n) is 3.62. The van der Waals surface area contributed by atoms with E-state index in [9.17, 15) is 14.0 Å². The fraction of sp³-hybridized carbons (Fsp3) is 0.105. The smallest absolute Gasteiger partial charge is 0.263 e. The summed E-state index contributed by atoms with van der Waals surface area (Å²) < 4.78 is 23.9. The predicted octanol–water partition coefficient (Wildman–Crippen LogP) is 2.52. The van der Waals surface area contributed by atoms with E-state index < -0.39 is 24.2 Å². The molecule has 8 nitrogen and oxygen atoms in total. The number of H-pyrrole nitrogens is 1. The fourth-order valence-electron chi connectivity index (χ4n) is 2.31. The van der Waals surface area contributed by atoms with Crippen LogP contribution < -0.4 is 20.1 Å². The Bertz CT molecular complexity index is 1070. The fourth-order valence-corrected chi connectivity index (χ4v) is 2.43. The summed E-state index contributed by atoms with van der Waals surface area (Å²) in [6.07, 6.45) is 1.67. The number of amides is 2. The van der Waals surface area contributed by atoms with Gasteiger partial charge in [0.05, 0.1) is 16.7 Å². The number of nitrogens with one attached hydrogen (secondary N) is 3. The maximum Gasteiger partial charge on any atom is 0.263 e. The molecule has 1 heterocycles. The van der Waals surface area contributed by atoms with Gasteiger partial charge in [0.2, 0.25) is 0 Å². The quantitative estimate of drug-likeness (QED) is 0.521. The van der Waals surface area contributed by atoms with Crippen LogP contribution in [-0.2, 0) is 9.59 Å². The third kappa shape index (κ3) is 5.69.